The van der Waals surface area contributed by atoms with Crippen LogP contribution in [-0.2, 0) is 9.47 Å². The zero-order valence-corrected chi connectivity index (χ0v) is 15.1. The molecule has 0 aromatic carbocycles. The second kappa shape index (κ2) is 11.5. The van der Waals surface area contributed by atoms with Crippen LogP contribution in [-0.4, -0.2) is 44.4 Å². The van der Waals surface area contributed by atoms with Crippen molar-refractivity contribution in [1.29, 1.82) is 0 Å². The van der Waals surface area contributed by atoms with Crippen LogP contribution in [0.5, 0.6) is 0 Å². The van der Waals surface area contributed by atoms with Gasteiger partial charge in [-0.25, -0.2) is 9.78 Å². The number of ether oxygens (including phenoxy) is 2. The van der Waals surface area contributed by atoms with Crippen molar-refractivity contribution < 1.29 is 14.3 Å². The molecule has 0 amide bonds. The van der Waals surface area contributed by atoms with Crippen LogP contribution in [0.15, 0.2) is 16.7 Å². The summed E-state index contributed by atoms with van der Waals surface area (Å²) in [6, 6.07) is 3.54. The van der Waals surface area contributed by atoms with E-state index >= 15 is 0 Å². The van der Waals surface area contributed by atoms with Gasteiger partial charge >= 0.3 is 5.97 Å². The molecule has 5 nitrogen and oxygen atoms in total. The Morgan fingerprint density at radius 1 is 1.24 bits per heavy atom. The average Bonchev–Trinajstić information content (AvgIpc) is 2.58. The minimum atomic E-state index is -0.431. The topological polar surface area (TPSA) is 51.7 Å². The third kappa shape index (κ3) is 6.01. The van der Waals surface area contributed by atoms with Gasteiger partial charge in [-0.05, 0) is 28.1 Å². The monoisotopic (exact) mass is 360 g/mol. The van der Waals surface area contributed by atoms with Crippen molar-refractivity contribution in [2.24, 2.45) is 0 Å². The summed E-state index contributed by atoms with van der Waals surface area (Å²) >= 11 is 3.38. The Morgan fingerprint density at radius 2 is 1.81 bits per heavy atom. The number of pyridine rings is 1. The summed E-state index contributed by atoms with van der Waals surface area (Å²) in [5, 5.41) is 0. The smallest absolute Gasteiger partial charge is 0.356 e. The van der Waals surface area contributed by atoms with Gasteiger partial charge in [0.25, 0.3) is 0 Å². The largest absolute Gasteiger partial charge is 0.464 e. The normalized spacial score (nSPS) is 13.3. The van der Waals surface area contributed by atoms with Crippen LogP contribution in [0.2, 0.25) is 0 Å². The molecule has 1 aliphatic heterocycles. The van der Waals surface area contributed by atoms with Gasteiger partial charge in [-0.15, -0.1) is 0 Å². The fraction of sp³-hybridized carbons (Fsp3) is 0.600. The molecular formula is C15H25BrN2O3. The first-order valence-electron chi connectivity index (χ1n) is 7.30. The van der Waals surface area contributed by atoms with Crippen molar-refractivity contribution in [2.45, 2.75) is 27.7 Å². The summed E-state index contributed by atoms with van der Waals surface area (Å²) in [5.74, 6) is -0.431. The average molecular weight is 361 g/mol. The number of nitrogens with zero attached hydrogens (tertiary/aromatic N) is 2. The van der Waals surface area contributed by atoms with E-state index in [1.54, 1.807) is 6.07 Å². The van der Waals surface area contributed by atoms with Gasteiger partial charge in [-0.3, -0.25) is 0 Å². The highest BCUT2D eigenvalue weighted by Crippen LogP contribution is 2.25. The maximum absolute atomic E-state index is 11.3. The number of anilines is 1. The van der Waals surface area contributed by atoms with E-state index in [2.05, 4.69) is 30.6 Å². The Labute approximate surface area is 135 Å². The van der Waals surface area contributed by atoms with E-state index in [1.807, 2.05) is 33.8 Å². The van der Waals surface area contributed by atoms with E-state index in [4.69, 9.17) is 4.74 Å². The van der Waals surface area contributed by atoms with Crippen LogP contribution >= 0.6 is 15.9 Å². The molecule has 1 fully saturated rings. The second-order valence-corrected chi connectivity index (χ2v) is 4.35. The Balaban J connectivity index is 0.000000921. The zero-order chi connectivity index (χ0) is 16.3. The lowest BCUT2D eigenvalue weighted by atomic mass is 10.3. The van der Waals surface area contributed by atoms with Gasteiger partial charge in [0.2, 0.25) is 0 Å². The highest BCUT2D eigenvalue weighted by atomic mass is 79.9. The molecule has 2 heterocycles. The quantitative estimate of drug-likeness (QED) is 0.596. The van der Waals surface area contributed by atoms with Crippen molar-refractivity contribution in [2.75, 3.05) is 38.3 Å². The lowest BCUT2D eigenvalue weighted by Crippen LogP contribution is -2.36. The van der Waals surface area contributed by atoms with Crippen LogP contribution < -0.4 is 4.90 Å². The third-order valence-electron chi connectivity index (χ3n) is 2.58. The molecule has 0 spiro atoms. The van der Waals surface area contributed by atoms with Crippen molar-refractivity contribution in [3.8, 4) is 0 Å². The lowest BCUT2D eigenvalue weighted by Gasteiger charge is -2.29. The van der Waals surface area contributed by atoms with E-state index in [9.17, 15) is 4.79 Å². The van der Waals surface area contributed by atoms with Gasteiger partial charge in [0.05, 0.1) is 26.0 Å². The maximum atomic E-state index is 11.3. The van der Waals surface area contributed by atoms with Crippen molar-refractivity contribution in [3.63, 3.8) is 0 Å². The summed E-state index contributed by atoms with van der Waals surface area (Å²) in [4.78, 5) is 17.7. The molecule has 6 heteroatoms. The van der Waals surface area contributed by atoms with Gasteiger partial charge < -0.3 is 14.4 Å². The number of carbonyl (C=O) groups is 1. The lowest BCUT2D eigenvalue weighted by molar-refractivity contribution is 0.0594. The fourth-order valence-corrected chi connectivity index (χ4v) is 2.26. The maximum Gasteiger partial charge on any atom is 0.356 e. The molecule has 0 unspecified atom stereocenters. The van der Waals surface area contributed by atoms with Crippen LogP contribution in [0.25, 0.3) is 0 Å². The minimum absolute atomic E-state index is 0.302. The van der Waals surface area contributed by atoms with Crippen molar-refractivity contribution in [3.05, 3.63) is 22.4 Å². The molecule has 1 aromatic heterocycles. The Morgan fingerprint density at radius 3 is 2.29 bits per heavy atom. The van der Waals surface area contributed by atoms with Gasteiger partial charge in [0.15, 0.2) is 0 Å². The Kier molecular flexibility index (Phi) is 10.9. The number of carbonyl (C=O) groups excluding carboxylic acids is 1. The van der Waals surface area contributed by atoms with Crippen LogP contribution in [0, 0.1) is 0 Å². The third-order valence-corrected chi connectivity index (χ3v) is 3.16. The molecule has 120 valence electrons. The summed E-state index contributed by atoms with van der Waals surface area (Å²) in [5.41, 5.74) is 1.28. The van der Waals surface area contributed by atoms with E-state index < -0.39 is 5.97 Å². The molecule has 0 radical (unpaired) electrons. The first-order valence-corrected chi connectivity index (χ1v) is 8.09. The highest BCUT2D eigenvalue weighted by Gasteiger charge is 2.16. The summed E-state index contributed by atoms with van der Waals surface area (Å²) in [7, 11) is 1.34. The van der Waals surface area contributed by atoms with Crippen LogP contribution in [0.4, 0.5) is 5.69 Å². The molecule has 0 N–H and O–H groups in total. The Bertz CT molecular complexity index is 421. The molecule has 0 atom stereocenters. The standard InChI is InChI=1S/C11H13BrN2O3.2C2H6/c1-16-11(15)8-2-3-9(10(12)13-8)14-4-6-17-7-5-14;2*1-2/h2-3H,4-7H2,1H3;2*1-2H3. The van der Waals surface area contributed by atoms with Gasteiger partial charge in [0, 0.05) is 13.1 Å². The predicted molar refractivity (Wildman–Crippen MR) is 89.0 cm³/mol. The van der Waals surface area contributed by atoms with Gasteiger partial charge in [-0.2, -0.15) is 0 Å². The SMILES string of the molecule is CC.CC.COC(=O)c1ccc(N2CCOCC2)c(Br)n1. The molecule has 0 aliphatic carbocycles. The van der Waals surface area contributed by atoms with E-state index in [0.717, 1.165) is 18.8 Å². The molecular weight excluding hydrogens is 336 g/mol. The second-order valence-electron chi connectivity index (χ2n) is 3.60. The number of esters is 1. The Hall–Kier alpha value is -1.14. The van der Waals surface area contributed by atoms with Gasteiger partial charge in [-0.1, -0.05) is 27.7 Å². The van der Waals surface area contributed by atoms with Crippen LogP contribution in [0.1, 0.15) is 38.2 Å². The number of methoxy groups -OCH3 is 1. The molecule has 21 heavy (non-hydrogen) atoms. The fourth-order valence-electron chi connectivity index (χ4n) is 1.69. The number of halogens is 1. The molecule has 1 aliphatic rings. The molecule has 1 aromatic rings. The van der Waals surface area contributed by atoms with E-state index in [1.165, 1.54) is 7.11 Å². The molecule has 2 rings (SSSR count). The first-order chi connectivity index (χ1) is 10.2. The molecule has 0 bridgehead atoms. The van der Waals surface area contributed by atoms with Crippen molar-refractivity contribution in [1.82, 2.24) is 4.98 Å². The number of rotatable bonds is 2. The molecule has 1 saturated heterocycles. The first kappa shape index (κ1) is 19.9. The number of hydrogen-bond donors (Lipinski definition) is 0. The predicted octanol–water partition coefficient (Wildman–Crippen LogP) is 3.52. The van der Waals surface area contributed by atoms with Crippen molar-refractivity contribution >= 4 is 27.6 Å². The number of morpholine rings is 1. The van der Waals surface area contributed by atoms with Gasteiger partial charge in [0.1, 0.15) is 10.3 Å². The highest BCUT2D eigenvalue weighted by molar-refractivity contribution is 9.10. The number of hydrogen-bond acceptors (Lipinski definition) is 5. The summed E-state index contributed by atoms with van der Waals surface area (Å²) < 4.78 is 10.6. The van der Waals surface area contributed by atoms with Crippen LogP contribution in [0.3, 0.4) is 0 Å². The minimum Gasteiger partial charge on any atom is -0.464 e. The number of aromatic nitrogens is 1. The van der Waals surface area contributed by atoms with E-state index in [-0.39, 0.29) is 0 Å². The zero-order valence-electron chi connectivity index (χ0n) is 13.5. The summed E-state index contributed by atoms with van der Waals surface area (Å²) in [6.07, 6.45) is 0. The summed E-state index contributed by atoms with van der Waals surface area (Å²) in [6.45, 7) is 11.1. The van der Waals surface area contributed by atoms with E-state index in [0.29, 0.717) is 23.5 Å². The molecule has 0 saturated carbocycles.